The van der Waals surface area contributed by atoms with Crippen molar-refractivity contribution in [2.45, 2.75) is 43.8 Å². The molecule has 0 spiro atoms. The molecule has 2 heteroatoms. The van der Waals surface area contributed by atoms with Crippen molar-refractivity contribution >= 4 is 0 Å². The molecule has 2 aliphatic carbocycles. The van der Waals surface area contributed by atoms with E-state index in [0.717, 1.165) is 24.7 Å². The molecule has 2 aliphatic heterocycles. The summed E-state index contributed by atoms with van der Waals surface area (Å²) >= 11 is 0. The third-order valence-corrected chi connectivity index (χ3v) is 3.89. The average molecular weight is 168 g/mol. The smallest absolute Gasteiger partial charge is 0.0921 e. The fourth-order valence-corrected chi connectivity index (χ4v) is 3.68. The third kappa shape index (κ3) is 0.882. The SMILES string of the molecule is OCC12C[C@@H]3CC(C[C@H](C3)C1)O2. The summed E-state index contributed by atoms with van der Waals surface area (Å²) in [7, 11) is 0. The summed E-state index contributed by atoms with van der Waals surface area (Å²) in [6.45, 7) is 0.247. The lowest BCUT2D eigenvalue weighted by molar-refractivity contribution is -0.233. The van der Waals surface area contributed by atoms with E-state index in [1.165, 1.54) is 19.3 Å². The Balaban J connectivity index is 1.90. The van der Waals surface area contributed by atoms with Gasteiger partial charge in [0, 0.05) is 0 Å². The first kappa shape index (κ1) is 7.34. The fraction of sp³-hybridized carbons (Fsp3) is 1.00. The number of aliphatic hydroxyl groups is 1. The molecule has 1 N–H and O–H groups in total. The van der Waals surface area contributed by atoms with Gasteiger partial charge in [0.25, 0.3) is 0 Å². The summed E-state index contributed by atoms with van der Waals surface area (Å²) in [5.74, 6) is 1.73. The molecule has 2 nitrogen and oxygen atoms in total. The normalized spacial score (nSPS) is 56.2. The van der Waals surface area contributed by atoms with Crippen molar-refractivity contribution in [3.05, 3.63) is 0 Å². The molecule has 0 amide bonds. The minimum atomic E-state index is -0.102. The molecule has 0 radical (unpaired) electrons. The second-order valence-electron chi connectivity index (χ2n) is 4.93. The number of aliphatic hydroxyl groups excluding tert-OH is 1. The van der Waals surface area contributed by atoms with Gasteiger partial charge in [-0.3, -0.25) is 0 Å². The first-order valence-corrected chi connectivity index (χ1v) is 5.08. The van der Waals surface area contributed by atoms with Crippen molar-refractivity contribution in [1.29, 1.82) is 0 Å². The van der Waals surface area contributed by atoms with E-state index in [4.69, 9.17) is 4.74 Å². The van der Waals surface area contributed by atoms with Crippen molar-refractivity contribution in [3.8, 4) is 0 Å². The molecule has 0 aromatic heterocycles. The zero-order valence-corrected chi connectivity index (χ0v) is 7.33. The largest absolute Gasteiger partial charge is 0.393 e. The van der Waals surface area contributed by atoms with Gasteiger partial charge in [0.1, 0.15) is 0 Å². The van der Waals surface area contributed by atoms with Crippen LogP contribution in [0.4, 0.5) is 0 Å². The predicted molar refractivity (Wildman–Crippen MR) is 44.8 cm³/mol. The second kappa shape index (κ2) is 2.24. The van der Waals surface area contributed by atoms with Crippen LogP contribution in [0.15, 0.2) is 0 Å². The Kier molecular flexibility index (Phi) is 1.37. The van der Waals surface area contributed by atoms with E-state index in [2.05, 4.69) is 0 Å². The van der Waals surface area contributed by atoms with Gasteiger partial charge < -0.3 is 9.84 Å². The summed E-state index contributed by atoms with van der Waals surface area (Å²) in [6.07, 6.45) is 6.66. The molecule has 4 fully saturated rings. The Morgan fingerprint density at radius 2 is 1.83 bits per heavy atom. The van der Waals surface area contributed by atoms with Gasteiger partial charge in [-0.15, -0.1) is 0 Å². The molecule has 2 saturated carbocycles. The molecule has 4 bridgehead atoms. The summed E-state index contributed by atoms with van der Waals surface area (Å²) in [4.78, 5) is 0. The summed E-state index contributed by atoms with van der Waals surface area (Å²) in [5, 5.41) is 9.31. The molecule has 2 atom stereocenters. The van der Waals surface area contributed by atoms with Crippen LogP contribution in [0.5, 0.6) is 0 Å². The molecule has 68 valence electrons. The van der Waals surface area contributed by atoms with E-state index in [9.17, 15) is 5.11 Å². The van der Waals surface area contributed by atoms with Gasteiger partial charge in [-0.25, -0.2) is 0 Å². The molecule has 12 heavy (non-hydrogen) atoms. The molecule has 4 aliphatic rings. The fourth-order valence-electron chi connectivity index (χ4n) is 3.68. The minimum Gasteiger partial charge on any atom is -0.393 e. The second-order valence-corrected chi connectivity index (χ2v) is 4.93. The average Bonchev–Trinajstić information content (AvgIpc) is 2.02. The lowest BCUT2D eigenvalue weighted by atomic mass is 9.62. The van der Waals surface area contributed by atoms with E-state index in [-0.39, 0.29) is 12.2 Å². The molecule has 4 rings (SSSR count). The van der Waals surface area contributed by atoms with Crippen molar-refractivity contribution in [2.75, 3.05) is 6.61 Å². The van der Waals surface area contributed by atoms with Crippen LogP contribution >= 0.6 is 0 Å². The van der Waals surface area contributed by atoms with Gasteiger partial charge in [0.15, 0.2) is 0 Å². The number of rotatable bonds is 1. The highest BCUT2D eigenvalue weighted by atomic mass is 16.5. The van der Waals surface area contributed by atoms with Crippen molar-refractivity contribution in [3.63, 3.8) is 0 Å². The highest BCUT2D eigenvalue weighted by Crippen LogP contribution is 2.52. The van der Waals surface area contributed by atoms with E-state index in [1.54, 1.807) is 0 Å². The quantitative estimate of drug-likeness (QED) is 0.640. The van der Waals surface area contributed by atoms with Crippen LogP contribution in [0.25, 0.3) is 0 Å². The van der Waals surface area contributed by atoms with Gasteiger partial charge in [-0.05, 0) is 43.9 Å². The van der Waals surface area contributed by atoms with E-state index < -0.39 is 0 Å². The van der Waals surface area contributed by atoms with Gasteiger partial charge in [-0.2, -0.15) is 0 Å². The maximum Gasteiger partial charge on any atom is 0.0921 e. The van der Waals surface area contributed by atoms with Crippen LogP contribution in [0.3, 0.4) is 0 Å². The monoisotopic (exact) mass is 168 g/mol. The van der Waals surface area contributed by atoms with Crippen LogP contribution in [0, 0.1) is 11.8 Å². The number of ether oxygens (including phenoxy) is 1. The van der Waals surface area contributed by atoms with Crippen LogP contribution in [-0.2, 0) is 4.74 Å². The summed E-state index contributed by atoms with van der Waals surface area (Å²) < 4.78 is 5.91. The Morgan fingerprint density at radius 1 is 1.17 bits per heavy atom. The molecule has 0 aromatic carbocycles. The maximum atomic E-state index is 9.31. The Morgan fingerprint density at radius 3 is 2.33 bits per heavy atom. The van der Waals surface area contributed by atoms with Crippen molar-refractivity contribution in [1.82, 2.24) is 0 Å². The standard InChI is InChI=1S/C10H16O2/c11-6-10-4-7-1-8(5-10)3-9(2-7)12-10/h7-9,11H,1-6H2/t7-,8-,9?,10?/m0/s1. The van der Waals surface area contributed by atoms with Crippen LogP contribution in [0.1, 0.15) is 32.1 Å². The molecule has 0 aromatic rings. The number of hydrogen-bond donors (Lipinski definition) is 1. The van der Waals surface area contributed by atoms with Gasteiger partial charge in [0.2, 0.25) is 0 Å². The Hall–Kier alpha value is -0.0800. The number of hydrogen-bond acceptors (Lipinski definition) is 2. The highest BCUT2D eigenvalue weighted by Gasteiger charge is 2.51. The molecular weight excluding hydrogens is 152 g/mol. The highest BCUT2D eigenvalue weighted by molar-refractivity contribution is 5.01. The topological polar surface area (TPSA) is 29.5 Å². The van der Waals surface area contributed by atoms with E-state index in [1.807, 2.05) is 0 Å². The maximum absolute atomic E-state index is 9.31. The van der Waals surface area contributed by atoms with Crippen LogP contribution < -0.4 is 0 Å². The Labute approximate surface area is 72.9 Å². The first-order chi connectivity index (χ1) is 5.80. The van der Waals surface area contributed by atoms with E-state index >= 15 is 0 Å². The van der Waals surface area contributed by atoms with E-state index in [0.29, 0.717) is 6.10 Å². The molecular formula is C10H16O2. The zero-order chi connectivity index (χ0) is 8.18. The lowest BCUT2D eigenvalue weighted by Crippen LogP contribution is -2.56. The minimum absolute atomic E-state index is 0.102. The third-order valence-electron chi connectivity index (χ3n) is 3.89. The van der Waals surface area contributed by atoms with Gasteiger partial charge in [-0.1, -0.05) is 0 Å². The predicted octanol–water partition coefficient (Wildman–Crippen LogP) is 1.33. The van der Waals surface area contributed by atoms with Crippen molar-refractivity contribution < 1.29 is 9.84 Å². The van der Waals surface area contributed by atoms with Crippen LogP contribution in [0.2, 0.25) is 0 Å². The van der Waals surface area contributed by atoms with Gasteiger partial charge >= 0.3 is 0 Å². The Bertz CT molecular complexity index is 165. The molecule has 2 saturated heterocycles. The summed E-state index contributed by atoms with van der Waals surface area (Å²) in [5.41, 5.74) is -0.102. The molecule has 2 heterocycles. The molecule has 0 unspecified atom stereocenters. The van der Waals surface area contributed by atoms with Crippen LogP contribution in [-0.4, -0.2) is 23.4 Å². The first-order valence-electron chi connectivity index (χ1n) is 5.08. The summed E-state index contributed by atoms with van der Waals surface area (Å²) in [6, 6.07) is 0. The van der Waals surface area contributed by atoms with Crippen molar-refractivity contribution in [2.24, 2.45) is 11.8 Å². The van der Waals surface area contributed by atoms with Gasteiger partial charge in [0.05, 0.1) is 18.3 Å². The zero-order valence-electron chi connectivity index (χ0n) is 7.33. The lowest BCUT2D eigenvalue weighted by Gasteiger charge is -2.55.